The Balaban J connectivity index is 0.00000361. The quantitative estimate of drug-likeness (QED) is 0.197. The summed E-state index contributed by atoms with van der Waals surface area (Å²) < 4.78 is 12.2. The SMILES string of the molecule is Cc1cc(C(C)(C)C)cc(C)c1C(=O)Pc1ccc(Oc2ccccc2)cc1Oc1ccccc1.[LiH]. The molecule has 5 heteroatoms. The molecule has 0 saturated heterocycles. The minimum atomic E-state index is -0.0727. The van der Waals surface area contributed by atoms with Crippen molar-refractivity contribution in [3.05, 3.63) is 113 Å². The van der Waals surface area contributed by atoms with Crippen LogP contribution in [0, 0.1) is 13.8 Å². The van der Waals surface area contributed by atoms with Gasteiger partial charge in [0.2, 0.25) is 0 Å². The zero-order valence-corrected chi connectivity index (χ0v) is 21.9. The van der Waals surface area contributed by atoms with Gasteiger partial charge in [0, 0.05) is 16.9 Å². The molecule has 0 aliphatic rings. The van der Waals surface area contributed by atoms with Crippen LogP contribution in [0.2, 0.25) is 0 Å². The molecule has 4 aromatic rings. The molecule has 0 radical (unpaired) electrons. The Labute approximate surface area is 228 Å². The van der Waals surface area contributed by atoms with Crippen molar-refractivity contribution in [1.29, 1.82) is 0 Å². The summed E-state index contributed by atoms with van der Waals surface area (Å²) in [6.07, 6.45) is 0. The molecule has 4 aromatic carbocycles. The van der Waals surface area contributed by atoms with Crippen molar-refractivity contribution in [2.75, 3.05) is 0 Å². The first-order valence-corrected chi connectivity index (χ1v) is 12.7. The molecule has 1 atom stereocenters. The fraction of sp³-hybridized carbons (Fsp3) is 0.194. The number of benzene rings is 4. The molecular formula is C31H32LiO3P. The first kappa shape index (κ1) is 27.8. The van der Waals surface area contributed by atoms with Crippen molar-refractivity contribution in [3.8, 4) is 23.0 Å². The van der Waals surface area contributed by atoms with E-state index in [1.807, 2.05) is 92.7 Å². The molecule has 36 heavy (non-hydrogen) atoms. The molecule has 0 amide bonds. The Hall–Kier alpha value is -2.82. The van der Waals surface area contributed by atoms with Gasteiger partial charge in [-0.1, -0.05) is 69.3 Å². The van der Waals surface area contributed by atoms with Crippen molar-refractivity contribution < 1.29 is 14.3 Å². The minimum absolute atomic E-state index is 0. The molecule has 0 spiro atoms. The summed E-state index contributed by atoms with van der Waals surface area (Å²) >= 11 is 0. The Morgan fingerprint density at radius 1 is 0.694 bits per heavy atom. The van der Waals surface area contributed by atoms with Crippen molar-refractivity contribution in [2.45, 2.75) is 40.0 Å². The first-order valence-electron chi connectivity index (χ1n) is 11.7. The van der Waals surface area contributed by atoms with Crippen LogP contribution >= 0.6 is 8.58 Å². The van der Waals surface area contributed by atoms with Gasteiger partial charge in [0.1, 0.15) is 23.0 Å². The van der Waals surface area contributed by atoms with Crippen LogP contribution in [0.15, 0.2) is 91.0 Å². The van der Waals surface area contributed by atoms with Gasteiger partial charge in [0.05, 0.1) is 0 Å². The number of carbonyl (C=O) groups is 1. The Morgan fingerprint density at radius 2 is 1.22 bits per heavy atom. The summed E-state index contributed by atoms with van der Waals surface area (Å²) in [6, 6.07) is 29.2. The van der Waals surface area contributed by atoms with Gasteiger partial charge >= 0.3 is 18.9 Å². The summed E-state index contributed by atoms with van der Waals surface area (Å²) in [5.41, 5.74) is 4.21. The van der Waals surface area contributed by atoms with Gasteiger partial charge in [-0.15, -0.1) is 0 Å². The van der Waals surface area contributed by atoms with Gasteiger partial charge in [-0.25, -0.2) is 0 Å². The number of hydrogen-bond donors (Lipinski definition) is 0. The van der Waals surface area contributed by atoms with Crippen molar-refractivity contribution >= 4 is 38.3 Å². The number of hydrogen-bond acceptors (Lipinski definition) is 3. The van der Waals surface area contributed by atoms with E-state index in [9.17, 15) is 4.79 Å². The van der Waals surface area contributed by atoms with Gasteiger partial charge in [-0.3, -0.25) is 4.79 Å². The zero-order valence-electron chi connectivity index (χ0n) is 20.9. The van der Waals surface area contributed by atoms with Crippen molar-refractivity contribution in [2.24, 2.45) is 0 Å². The Morgan fingerprint density at radius 3 is 1.75 bits per heavy atom. The average Bonchev–Trinajstić information content (AvgIpc) is 2.81. The molecule has 180 valence electrons. The fourth-order valence-electron chi connectivity index (χ4n) is 3.93. The van der Waals surface area contributed by atoms with Crippen molar-refractivity contribution in [1.82, 2.24) is 0 Å². The molecule has 0 N–H and O–H groups in total. The van der Waals surface area contributed by atoms with Gasteiger partial charge in [-0.2, -0.15) is 0 Å². The van der Waals surface area contributed by atoms with Crippen LogP contribution < -0.4 is 14.8 Å². The number of ether oxygens (including phenoxy) is 2. The van der Waals surface area contributed by atoms with E-state index in [0.717, 1.165) is 27.7 Å². The molecule has 3 nitrogen and oxygen atoms in total. The summed E-state index contributed by atoms with van der Waals surface area (Å²) in [4.78, 5) is 13.5. The van der Waals surface area contributed by atoms with Crippen LogP contribution in [0.25, 0.3) is 0 Å². The van der Waals surface area contributed by atoms with Crippen LogP contribution in [0.1, 0.15) is 47.8 Å². The average molecular weight is 491 g/mol. The molecule has 0 bridgehead atoms. The van der Waals surface area contributed by atoms with E-state index in [1.165, 1.54) is 5.56 Å². The molecule has 1 unspecified atom stereocenters. The second-order valence-electron chi connectivity index (χ2n) is 9.68. The van der Waals surface area contributed by atoms with E-state index in [1.54, 1.807) is 0 Å². The van der Waals surface area contributed by atoms with Crippen LogP contribution in [-0.2, 0) is 5.41 Å². The van der Waals surface area contributed by atoms with Gasteiger partial charge in [0.25, 0.3) is 0 Å². The number of aryl methyl sites for hydroxylation is 2. The molecule has 0 fully saturated rings. The van der Waals surface area contributed by atoms with E-state index in [0.29, 0.717) is 17.2 Å². The molecule has 0 aliphatic heterocycles. The Kier molecular flexibility index (Phi) is 9.21. The maximum absolute atomic E-state index is 13.5. The van der Waals surface area contributed by atoms with E-state index in [4.69, 9.17) is 9.47 Å². The van der Waals surface area contributed by atoms with Crippen LogP contribution in [0.4, 0.5) is 0 Å². The second kappa shape index (κ2) is 11.9. The fourth-order valence-corrected chi connectivity index (χ4v) is 5.11. The van der Waals surface area contributed by atoms with E-state index < -0.39 is 0 Å². The van der Waals surface area contributed by atoms with E-state index >= 15 is 0 Å². The van der Waals surface area contributed by atoms with Crippen molar-refractivity contribution in [3.63, 3.8) is 0 Å². The summed E-state index contributed by atoms with van der Waals surface area (Å²) in [5, 5.41) is 0.845. The molecular weight excluding hydrogens is 458 g/mol. The predicted molar refractivity (Wildman–Crippen MR) is 154 cm³/mol. The second-order valence-corrected chi connectivity index (χ2v) is 10.9. The molecule has 0 heterocycles. The Bertz CT molecular complexity index is 1310. The monoisotopic (exact) mass is 490 g/mol. The standard InChI is InChI=1S/C31H31O3P.Li.H/c1-21-18-23(31(3,4)5)19-22(2)29(21)30(32)35-28-17-16-26(33-24-12-8-6-9-13-24)20-27(28)34-25-14-10-7-11-15-25;;/h6-20,35H,1-5H3;;. The van der Waals surface area contributed by atoms with Gasteiger partial charge in [0.15, 0.2) is 5.52 Å². The number of rotatable bonds is 7. The third kappa shape index (κ3) is 6.89. The molecule has 0 saturated carbocycles. The predicted octanol–water partition coefficient (Wildman–Crippen LogP) is 7.68. The first-order chi connectivity index (χ1) is 16.7. The normalized spacial score (nSPS) is 11.2. The number of carbonyl (C=O) groups excluding carboxylic acids is 1. The topological polar surface area (TPSA) is 35.5 Å². The number of para-hydroxylation sites is 2. The van der Waals surface area contributed by atoms with Crippen LogP contribution in [-0.4, -0.2) is 24.4 Å². The van der Waals surface area contributed by atoms with Crippen LogP contribution in [0.3, 0.4) is 0 Å². The van der Waals surface area contributed by atoms with E-state index in [2.05, 4.69) is 32.9 Å². The summed E-state index contributed by atoms with van der Waals surface area (Å²) in [7, 11) is -0.0727. The molecule has 4 rings (SSSR count). The van der Waals surface area contributed by atoms with Gasteiger partial charge < -0.3 is 9.47 Å². The third-order valence-corrected chi connectivity index (χ3v) is 6.94. The van der Waals surface area contributed by atoms with Crippen LogP contribution in [0.5, 0.6) is 23.0 Å². The van der Waals surface area contributed by atoms with E-state index in [-0.39, 0.29) is 38.4 Å². The zero-order chi connectivity index (χ0) is 25.0. The maximum atomic E-state index is 13.5. The molecule has 0 aliphatic carbocycles. The van der Waals surface area contributed by atoms with Gasteiger partial charge in [-0.05, 0) is 80.9 Å². The molecule has 0 aromatic heterocycles. The third-order valence-electron chi connectivity index (χ3n) is 5.78. The summed E-state index contributed by atoms with van der Waals surface area (Å²) in [6.45, 7) is 10.6. The summed E-state index contributed by atoms with van der Waals surface area (Å²) in [5.74, 6) is 2.74.